The van der Waals surface area contributed by atoms with Crippen LogP contribution in [0.1, 0.15) is 84.5 Å². The molecule has 2 aliphatic carbocycles. The lowest BCUT2D eigenvalue weighted by molar-refractivity contribution is -0.159. The van der Waals surface area contributed by atoms with Crippen LogP contribution in [0.15, 0.2) is 0 Å². The zero-order valence-electron chi connectivity index (χ0n) is 14.7. The van der Waals surface area contributed by atoms with Gasteiger partial charge in [-0.25, -0.2) is 0 Å². The van der Waals surface area contributed by atoms with Gasteiger partial charge in [-0.15, -0.1) is 0 Å². The number of carbonyl (C=O) groups excluding carboxylic acids is 2. The Bertz CT molecular complexity index is 377. The maximum absolute atomic E-state index is 12.3. The number of hydrogen-bond donors (Lipinski definition) is 0. The van der Waals surface area contributed by atoms with Crippen molar-refractivity contribution in [3.63, 3.8) is 0 Å². The van der Waals surface area contributed by atoms with Crippen molar-refractivity contribution in [3.8, 4) is 0 Å². The van der Waals surface area contributed by atoms with Gasteiger partial charge in [0.2, 0.25) is 0 Å². The third-order valence-electron chi connectivity index (χ3n) is 5.38. The van der Waals surface area contributed by atoms with Crippen LogP contribution in [0.2, 0.25) is 0 Å². The minimum Gasteiger partial charge on any atom is -0.463 e. The Kier molecular flexibility index (Phi) is 7.38. The summed E-state index contributed by atoms with van der Waals surface area (Å²) in [7, 11) is 0. The molecule has 2 rings (SSSR count). The van der Waals surface area contributed by atoms with Gasteiger partial charge >= 0.3 is 11.9 Å². The molecule has 4 nitrogen and oxygen atoms in total. The summed E-state index contributed by atoms with van der Waals surface area (Å²) in [6, 6.07) is 0. The Balaban J connectivity index is 1.65. The van der Waals surface area contributed by atoms with Gasteiger partial charge in [0.1, 0.15) is 12.2 Å². The summed E-state index contributed by atoms with van der Waals surface area (Å²) in [5.41, 5.74) is 0. The maximum atomic E-state index is 12.3. The van der Waals surface area contributed by atoms with Crippen LogP contribution in [0.25, 0.3) is 0 Å². The van der Waals surface area contributed by atoms with Crippen molar-refractivity contribution in [1.82, 2.24) is 0 Å². The fraction of sp³-hybridized carbons (Fsp3) is 0.895. The van der Waals surface area contributed by atoms with Crippen molar-refractivity contribution in [2.24, 2.45) is 11.8 Å². The average Bonchev–Trinajstić information content (AvgIpc) is 2.54. The van der Waals surface area contributed by atoms with Crippen molar-refractivity contribution < 1.29 is 19.1 Å². The van der Waals surface area contributed by atoms with Crippen molar-refractivity contribution in [3.05, 3.63) is 0 Å². The van der Waals surface area contributed by atoms with Gasteiger partial charge in [0, 0.05) is 6.92 Å². The van der Waals surface area contributed by atoms with Crippen LogP contribution in [0.5, 0.6) is 0 Å². The van der Waals surface area contributed by atoms with Crippen molar-refractivity contribution in [1.29, 1.82) is 0 Å². The molecule has 2 fully saturated rings. The molecule has 23 heavy (non-hydrogen) atoms. The monoisotopic (exact) mass is 324 g/mol. The van der Waals surface area contributed by atoms with Gasteiger partial charge in [-0.1, -0.05) is 26.2 Å². The maximum Gasteiger partial charge on any atom is 0.309 e. The quantitative estimate of drug-likeness (QED) is 0.680. The van der Waals surface area contributed by atoms with Crippen LogP contribution < -0.4 is 0 Å². The van der Waals surface area contributed by atoms with Crippen molar-refractivity contribution in [2.45, 2.75) is 96.7 Å². The van der Waals surface area contributed by atoms with Crippen molar-refractivity contribution >= 4 is 11.9 Å². The second-order valence-electron chi connectivity index (χ2n) is 7.30. The highest BCUT2D eigenvalue weighted by molar-refractivity contribution is 5.72. The summed E-state index contributed by atoms with van der Waals surface area (Å²) < 4.78 is 11.0. The topological polar surface area (TPSA) is 52.6 Å². The van der Waals surface area contributed by atoms with Gasteiger partial charge in [0.05, 0.1) is 5.92 Å². The third kappa shape index (κ3) is 6.15. The molecule has 132 valence electrons. The number of hydrogen-bond acceptors (Lipinski definition) is 4. The number of rotatable bonds is 6. The average molecular weight is 324 g/mol. The highest BCUT2D eigenvalue weighted by Crippen LogP contribution is 2.32. The fourth-order valence-corrected chi connectivity index (χ4v) is 3.94. The number of carbonyl (C=O) groups is 2. The summed E-state index contributed by atoms with van der Waals surface area (Å²) in [5, 5.41) is 0. The first-order valence-corrected chi connectivity index (χ1v) is 9.46. The lowest BCUT2D eigenvalue weighted by Crippen LogP contribution is -2.32. The summed E-state index contributed by atoms with van der Waals surface area (Å²) >= 11 is 0. The van der Waals surface area contributed by atoms with E-state index in [1.54, 1.807) is 0 Å². The molecule has 2 aliphatic rings. The first-order chi connectivity index (χ1) is 11.1. The van der Waals surface area contributed by atoms with Gasteiger partial charge in [0.25, 0.3) is 0 Å². The standard InChI is InChI=1S/C19H32O4/c1-3-4-5-15-6-10-18(11-7-15)23-19(21)16-8-12-17(13-9-16)22-14(2)20/h15-18H,3-13H2,1-2H3. The van der Waals surface area contributed by atoms with Gasteiger partial charge < -0.3 is 9.47 Å². The Labute approximate surface area is 140 Å². The highest BCUT2D eigenvalue weighted by Gasteiger charge is 2.31. The van der Waals surface area contributed by atoms with E-state index in [1.165, 1.54) is 39.0 Å². The van der Waals surface area contributed by atoms with E-state index in [0.717, 1.165) is 44.4 Å². The molecule has 0 saturated heterocycles. The second-order valence-corrected chi connectivity index (χ2v) is 7.30. The lowest BCUT2D eigenvalue weighted by Gasteiger charge is -2.31. The Hall–Kier alpha value is -1.06. The van der Waals surface area contributed by atoms with Crippen LogP contribution in [-0.2, 0) is 19.1 Å². The molecule has 0 unspecified atom stereocenters. The number of unbranched alkanes of at least 4 members (excludes halogenated alkanes) is 1. The summed E-state index contributed by atoms with van der Waals surface area (Å²) in [6.07, 6.45) is 11.6. The van der Waals surface area contributed by atoms with E-state index in [4.69, 9.17) is 9.47 Å². The highest BCUT2D eigenvalue weighted by atomic mass is 16.5. The second kappa shape index (κ2) is 9.29. The molecule has 0 bridgehead atoms. The van der Waals surface area contributed by atoms with Crippen LogP contribution in [0.3, 0.4) is 0 Å². The molecule has 0 atom stereocenters. The fourth-order valence-electron chi connectivity index (χ4n) is 3.94. The van der Waals surface area contributed by atoms with E-state index in [1.807, 2.05) is 0 Å². The number of esters is 2. The molecule has 0 spiro atoms. The van der Waals surface area contributed by atoms with Crippen LogP contribution >= 0.6 is 0 Å². The zero-order valence-corrected chi connectivity index (χ0v) is 14.7. The molecule has 4 heteroatoms. The Morgan fingerprint density at radius 3 is 2.00 bits per heavy atom. The predicted molar refractivity (Wildman–Crippen MR) is 88.9 cm³/mol. The number of ether oxygens (including phenoxy) is 2. The summed E-state index contributed by atoms with van der Waals surface area (Å²) in [5.74, 6) is 0.586. The van der Waals surface area contributed by atoms with Gasteiger partial charge in [-0.05, 0) is 57.3 Å². The minimum absolute atomic E-state index is 0.000349. The Morgan fingerprint density at radius 2 is 1.43 bits per heavy atom. The van der Waals surface area contributed by atoms with E-state index < -0.39 is 0 Å². The normalized spacial score (nSPS) is 31.4. The third-order valence-corrected chi connectivity index (χ3v) is 5.38. The van der Waals surface area contributed by atoms with E-state index in [-0.39, 0.29) is 30.1 Å². The van der Waals surface area contributed by atoms with E-state index >= 15 is 0 Å². The van der Waals surface area contributed by atoms with Gasteiger partial charge in [-0.2, -0.15) is 0 Å². The van der Waals surface area contributed by atoms with Crippen LogP contribution in [0, 0.1) is 11.8 Å². The molecule has 0 N–H and O–H groups in total. The molecule has 0 heterocycles. The van der Waals surface area contributed by atoms with E-state index in [0.29, 0.717) is 0 Å². The smallest absolute Gasteiger partial charge is 0.309 e. The van der Waals surface area contributed by atoms with Crippen molar-refractivity contribution in [2.75, 3.05) is 0 Å². The molecule has 0 aromatic carbocycles. The molecule has 0 aliphatic heterocycles. The first kappa shape index (κ1) is 18.3. The molecular formula is C19H32O4. The first-order valence-electron chi connectivity index (χ1n) is 9.46. The largest absolute Gasteiger partial charge is 0.463 e. The summed E-state index contributed by atoms with van der Waals surface area (Å²) in [4.78, 5) is 23.3. The van der Waals surface area contributed by atoms with Gasteiger partial charge in [-0.3, -0.25) is 9.59 Å². The van der Waals surface area contributed by atoms with Gasteiger partial charge in [0.15, 0.2) is 0 Å². The lowest BCUT2D eigenvalue weighted by atomic mass is 9.84. The summed E-state index contributed by atoms with van der Waals surface area (Å²) in [6.45, 7) is 3.68. The molecule has 0 amide bonds. The molecular weight excluding hydrogens is 292 g/mol. The van der Waals surface area contributed by atoms with E-state index in [9.17, 15) is 9.59 Å². The van der Waals surface area contributed by atoms with E-state index in [2.05, 4.69) is 6.92 Å². The Morgan fingerprint density at radius 1 is 0.870 bits per heavy atom. The molecule has 0 radical (unpaired) electrons. The van der Waals surface area contributed by atoms with Crippen LogP contribution in [-0.4, -0.2) is 24.1 Å². The molecule has 0 aromatic rings. The van der Waals surface area contributed by atoms with Crippen LogP contribution in [0.4, 0.5) is 0 Å². The predicted octanol–water partition coefficient (Wildman–Crippen LogP) is 4.40. The molecule has 2 saturated carbocycles. The SMILES string of the molecule is CCCCC1CCC(OC(=O)C2CCC(OC(C)=O)CC2)CC1. The minimum atomic E-state index is -0.226. The molecule has 0 aromatic heterocycles. The zero-order chi connectivity index (χ0) is 16.7.